The van der Waals surface area contributed by atoms with E-state index in [2.05, 4.69) is 18.9 Å². The number of rotatable bonds is 3. The monoisotopic (exact) mass is 288 g/mol. The van der Waals surface area contributed by atoms with E-state index < -0.39 is 0 Å². The minimum Gasteiger partial charge on any atom is -0.392 e. The highest BCUT2D eigenvalue weighted by atomic mass is 32.2. The Kier molecular flexibility index (Phi) is 4.92. The van der Waals surface area contributed by atoms with E-state index in [-0.39, 0.29) is 11.6 Å². The van der Waals surface area contributed by atoms with Gasteiger partial charge in [0.25, 0.3) is 0 Å². The van der Waals surface area contributed by atoms with Gasteiger partial charge in [-0.15, -0.1) is 0 Å². The van der Waals surface area contributed by atoms with Gasteiger partial charge < -0.3 is 10.5 Å². The van der Waals surface area contributed by atoms with Gasteiger partial charge in [0.2, 0.25) is 0 Å². The predicted molar refractivity (Wildman–Crippen MR) is 82.3 cm³/mol. The molecule has 2 atom stereocenters. The smallest absolute Gasteiger partial charge is 0.0899 e. The summed E-state index contributed by atoms with van der Waals surface area (Å²) in [6, 6.07) is 0.733. The zero-order chi connectivity index (χ0) is 13.2. The molecule has 2 unspecified atom stereocenters. The molecule has 0 aromatic carbocycles. The average Bonchev–Trinajstić information content (AvgIpc) is 2.38. The van der Waals surface area contributed by atoms with Crippen molar-refractivity contribution in [3.8, 4) is 0 Å². The van der Waals surface area contributed by atoms with Crippen molar-refractivity contribution in [2.45, 2.75) is 50.3 Å². The van der Waals surface area contributed by atoms with Crippen LogP contribution in [-0.2, 0) is 4.74 Å². The largest absolute Gasteiger partial charge is 0.392 e. The Labute approximate surface area is 120 Å². The normalized spacial score (nSPS) is 29.4. The van der Waals surface area contributed by atoms with E-state index in [9.17, 15) is 0 Å². The van der Waals surface area contributed by atoms with E-state index in [1.165, 1.54) is 24.3 Å². The standard InChI is InChI=1S/C13H24N2OS2/c1-10(12(14)17)15(2)11-3-6-16-13(9-11)4-7-18-8-5-13/h10-11H,3-9H2,1-2H3,(H2,14,17). The van der Waals surface area contributed by atoms with Crippen LogP contribution in [0.25, 0.3) is 0 Å². The number of thiocarbonyl (C=S) groups is 1. The zero-order valence-electron chi connectivity index (χ0n) is 11.4. The van der Waals surface area contributed by atoms with Crippen molar-refractivity contribution in [2.24, 2.45) is 5.73 Å². The number of nitrogens with zero attached hydrogens (tertiary/aromatic N) is 1. The summed E-state index contributed by atoms with van der Waals surface area (Å²) in [7, 11) is 2.14. The number of hydrogen-bond acceptors (Lipinski definition) is 4. The highest BCUT2D eigenvalue weighted by Crippen LogP contribution is 2.38. The summed E-state index contributed by atoms with van der Waals surface area (Å²) in [4.78, 5) is 2.94. The lowest BCUT2D eigenvalue weighted by atomic mass is 9.84. The fourth-order valence-electron chi connectivity index (χ4n) is 2.96. The van der Waals surface area contributed by atoms with Gasteiger partial charge in [-0.2, -0.15) is 11.8 Å². The van der Waals surface area contributed by atoms with Crippen LogP contribution in [0, 0.1) is 0 Å². The Bertz CT molecular complexity index is 300. The fourth-order valence-corrected chi connectivity index (χ4v) is 4.36. The SMILES string of the molecule is CC(C(N)=S)N(C)C1CCOC2(CCSCC2)C1. The maximum absolute atomic E-state index is 6.12. The lowest BCUT2D eigenvalue weighted by molar-refractivity contribution is -0.109. The van der Waals surface area contributed by atoms with Gasteiger partial charge in [0.1, 0.15) is 0 Å². The zero-order valence-corrected chi connectivity index (χ0v) is 13.0. The first-order chi connectivity index (χ1) is 8.54. The second-order valence-electron chi connectivity index (χ2n) is 5.53. The molecule has 2 fully saturated rings. The van der Waals surface area contributed by atoms with Crippen LogP contribution in [0.15, 0.2) is 0 Å². The second kappa shape index (κ2) is 6.07. The Morgan fingerprint density at radius 1 is 1.50 bits per heavy atom. The fraction of sp³-hybridized carbons (Fsp3) is 0.923. The lowest BCUT2D eigenvalue weighted by Gasteiger charge is -2.46. The van der Waals surface area contributed by atoms with Gasteiger partial charge in [0, 0.05) is 12.6 Å². The van der Waals surface area contributed by atoms with E-state index in [0.29, 0.717) is 11.0 Å². The molecule has 104 valence electrons. The molecule has 0 amide bonds. The van der Waals surface area contributed by atoms with Gasteiger partial charge in [-0.05, 0) is 51.2 Å². The van der Waals surface area contributed by atoms with Gasteiger partial charge in [0.15, 0.2) is 0 Å². The maximum Gasteiger partial charge on any atom is 0.0899 e. The van der Waals surface area contributed by atoms with Crippen molar-refractivity contribution in [1.82, 2.24) is 4.90 Å². The molecule has 3 nitrogen and oxygen atoms in total. The van der Waals surface area contributed by atoms with Gasteiger partial charge in [-0.25, -0.2) is 0 Å². The molecular formula is C13H24N2OS2. The van der Waals surface area contributed by atoms with Crippen molar-refractivity contribution >= 4 is 29.0 Å². The summed E-state index contributed by atoms with van der Waals surface area (Å²) in [5.41, 5.74) is 5.91. The van der Waals surface area contributed by atoms with Crippen LogP contribution in [0.1, 0.15) is 32.6 Å². The van der Waals surface area contributed by atoms with E-state index in [4.69, 9.17) is 22.7 Å². The molecule has 0 aliphatic carbocycles. The molecular weight excluding hydrogens is 264 g/mol. The van der Waals surface area contributed by atoms with Crippen LogP contribution in [-0.4, -0.2) is 52.7 Å². The van der Waals surface area contributed by atoms with Crippen molar-refractivity contribution in [3.63, 3.8) is 0 Å². The average molecular weight is 288 g/mol. The molecule has 0 bridgehead atoms. The molecule has 0 aromatic heterocycles. The molecule has 0 radical (unpaired) electrons. The Morgan fingerprint density at radius 2 is 2.17 bits per heavy atom. The van der Waals surface area contributed by atoms with Crippen LogP contribution in [0.2, 0.25) is 0 Å². The third-order valence-electron chi connectivity index (χ3n) is 4.47. The van der Waals surface area contributed by atoms with E-state index in [1.54, 1.807) is 0 Å². The van der Waals surface area contributed by atoms with E-state index in [0.717, 1.165) is 19.4 Å². The lowest BCUT2D eigenvalue weighted by Crippen LogP contribution is -2.53. The molecule has 2 N–H and O–H groups in total. The number of ether oxygens (including phenoxy) is 1. The van der Waals surface area contributed by atoms with Crippen molar-refractivity contribution in [2.75, 3.05) is 25.2 Å². The van der Waals surface area contributed by atoms with Crippen LogP contribution in [0.3, 0.4) is 0 Å². The number of nitrogens with two attached hydrogens (primary N) is 1. The predicted octanol–water partition coefficient (Wildman–Crippen LogP) is 2.04. The first kappa shape index (κ1) is 14.6. The van der Waals surface area contributed by atoms with Crippen LogP contribution in [0.4, 0.5) is 0 Å². The van der Waals surface area contributed by atoms with E-state index >= 15 is 0 Å². The van der Waals surface area contributed by atoms with Gasteiger partial charge in [0.05, 0.1) is 16.6 Å². The number of thioether (sulfide) groups is 1. The Morgan fingerprint density at radius 3 is 2.78 bits per heavy atom. The topological polar surface area (TPSA) is 38.5 Å². The third-order valence-corrected chi connectivity index (χ3v) is 5.80. The minimum absolute atomic E-state index is 0.137. The van der Waals surface area contributed by atoms with Crippen LogP contribution >= 0.6 is 24.0 Å². The highest BCUT2D eigenvalue weighted by molar-refractivity contribution is 7.99. The summed E-state index contributed by atoms with van der Waals surface area (Å²) in [6.07, 6.45) is 4.63. The molecule has 0 saturated carbocycles. The molecule has 5 heteroatoms. The van der Waals surface area contributed by atoms with Crippen molar-refractivity contribution < 1.29 is 4.74 Å². The molecule has 2 saturated heterocycles. The summed E-state index contributed by atoms with van der Waals surface area (Å²) < 4.78 is 6.12. The molecule has 2 heterocycles. The first-order valence-corrected chi connectivity index (χ1v) is 8.33. The summed E-state index contributed by atoms with van der Waals surface area (Å²) >= 11 is 7.16. The first-order valence-electron chi connectivity index (χ1n) is 6.77. The summed E-state index contributed by atoms with van der Waals surface area (Å²) in [5.74, 6) is 2.47. The van der Waals surface area contributed by atoms with Crippen molar-refractivity contribution in [3.05, 3.63) is 0 Å². The molecule has 2 rings (SSSR count). The Hall–Kier alpha value is 0.160. The van der Waals surface area contributed by atoms with Crippen LogP contribution in [0.5, 0.6) is 0 Å². The second-order valence-corrected chi connectivity index (χ2v) is 7.23. The molecule has 2 aliphatic heterocycles. The van der Waals surface area contributed by atoms with Gasteiger partial charge in [-0.3, -0.25) is 4.90 Å². The summed E-state index contributed by atoms with van der Waals surface area (Å²) in [6.45, 7) is 2.98. The summed E-state index contributed by atoms with van der Waals surface area (Å²) in [5, 5.41) is 0. The van der Waals surface area contributed by atoms with Gasteiger partial charge in [-0.1, -0.05) is 12.2 Å². The Balaban J connectivity index is 1.99. The van der Waals surface area contributed by atoms with Gasteiger partial charge >= 0.3 is 0 Å². The van der Waals surface area contributed by atoms with Crippen LogP contribution < -0.4 is 5.73 Å². The molecule has 18 heavy (non-hydrogen) atoms. The quantitative estimate of drug-likeness (QED) is 0.805. The van der Waals surface area contributed by atoms with E-state index in [1.807, 2.05) is 11.8 Å². The third kappa shape index (κ3) is 3.18. The number of likely N-dealkylation sites (N-methyl/N-ethyl adjacent to an activating group) is 1. The molecule has 2 aliphatic rings. The van der Waals surface area contributed by atoms with Crippen molar-refractivity contribution in [1.29, 1.82) is 0 Å². The highest BCUT2D eigenvalue weighted by Gasteiger charge is 2.40. The molecule has 1 spiro atoms. The number of hydrogen-bond donors (Lipinski definition) is 1. The maximum atomic E-state index is 6.12. The minimum atomic E-state index is 0.137. The molecule has 0 aromatic rings.